The first-order valence-corrected chi connectivity index (χ1v) is 5.83. The molecule has 0 aliphatic rings. The van der Waals surface area contributed by atoms with Gasteiger partial charge in [0.15, 0.2) is 0 Å². The van der Waals surface area contributed by atoms with E-state index in [1.807, 2.05) is 0 Å². The van der Waals surface area contributed by atoms with Crippen molar-refractivity contribution in [2.75, 3.05) is 10.6 Å². The number of amides is 1. The third-order valence-electron chi connectivity index (χ3n) is 1.61. The lowest BCUT2D eigenvalue weighted by molar-refractivity contribution is -0.115. The predicted molar refractivity (Wildman–Crippen MR) is 54.4 cm³/mol. The van der Waals surface area contributed by atoms with Gasteiger partial charge in [0.2, 0.25) is 15.9 Å². The number of anilines is 1. The summed E-state index contributed by atoms with van der Waals surface area (Å²) in [5.41, 5.74) is 0.363. The molecule has 0 spiro atoms. The molecule has 4 nitrogen and oxygen atoms in total. The summed E-state index contributed by atoms with van der Waals surface area (Å²) in [6.45, 7) is 1.22. The highest BCUT2D eigenvalue weighted by atomic mass is 32.2. The first kappa shape index (κ1) is 10.7. The lowest BCUT2D eigenvalue weighted by Crippen LogP contribution is -2.34. The Morgan fingerprint density at radius 1 is 1.21 bits per heavy atom. The number of nitrogens with zero attached hydrogens (tertiary/aromatic N) is 1. The fraction of sp³-hybridized carbons (Fsp3) is 0.222. The van der Waals surface area contributed by atoms with Gasteiger partial charge in [-0.15, -0.1) is 0 Å². The average Bonchev–Trinajstić information content (AvgIpc) is 2.02. The zero-order chi connectivity index (χ0) is 10.8. The molecule has 0 unspecified atom stereocenters. The van der Waals surface area contributed by atoms with Crippen LogP contribution in [0.15, 0.2) is 30.3 Å². The van der Waals surface area contributed by atoms with E-state index in [0.717, 1.165) is 10.6 Å². The Balaban J connectivity index is 3.22. The third-order valence-corrected chi connectivity index (χ3v) is 2.74. The normalized spacial score (nSPS) is 11.0. The molecule has 0 saturated heterocycles. The molecule has 1 amide bonds. The number of benzene rings is 1. The van der Waals surface area contributed by atoms with Crippen LogP contribution in [0.3, 0.4) is 0 Å². The molecule has 5 heteroatoms. The quantitative estimate of drug-likeness (QED) is 0.736. The minimum Gasteiger partial charge on any atom is -0.274 e. The van der Waals surface area contributed by atoms with E-state index in [0.29, 0.717) is 5.69 Å². The van der Waals surface area contributed by atoms with Gasteiger partial charge in [0.05, 0.1) is 11.9 Å². The second-order valence-corrected chi connectivity index (χ2v) is 4.71. The highest BCUT2D eigenvalue weighted by molar-refractivity contribution is 7.92. The highest BCUT2D eigenvalue weighted by Crippen LogP contribution is 2.16. The van der Waals surface area contributed by atoms with Gasteiger partial charge in [-0.3, -0.25) is 4.79 Å². The van der Waals surface area contributed by atoms with Crippen LogP contribution in [0.1, 0.15) is 6.92 Å². The monoisotopic (exact) mass is 213 g/mol. The number of hydrogen-bond donors (Lipinski definition) is 0. The van der Waals surface area contributed by atoms with Crippen LogP contribution in [0.5, 0.6) is 0 Å². The largest absolute Gasteiger partial charge is 0.274 e. The van der Waals surface area contributed by atoms with E-state index < -0.39 is 15.9 Å². The van der Waals surface area contributed by atoms with Crippen molar-refractivity contribution >= 4 is 21.6 Å². The molecular weight excluding hydrogens is 202 g/mol. The van der Waals surface area contributed by atoms with E-state index in [9.17, 15) is 13.2 Å². The van der Waals surface area contributed by atoms with Gasteiger partial charge in [-0.1, -0.05) is 18.2 Å². The van der Waals surface area contributed by atoms with Crippen molar-refractivity contribution in [3.8, 4) is 0 Å². The zero-order valence-electron chi connectivity index (χ0n) is 7.97. The van der Waals surface area contributed by atoms with E-state index in [1.54, 1.807) is 30.3 Å². The second kappa shape index (κ2) is 3.79. The van der Waals surface area contributed by atoms with Crippen molar-refractivity contribution in [2.45, 2.75) is 6.92 Å². The molecule has 0 saturated carbocycles. The van der Waals surface area contributed by atoms with Gasteiger partial charge in [-0.25, -0.2) is 12.7 Å². The minimum atomic E-state index is -3.53. The van der Waals surface area contributed by atoms with Gasteiger partial charge in [0.1, 0.15) is 0 Å². The summed E-state index contributed by atoms with van der Waals surface area (Å²) in [5.74, 6) is -0.515. The SMILES string of the molecule is CC(=O)N(c1ccccc1)S(C)(=O)=O. The van der Waals surface area contributed by atoms with Gasteiger partial charge in [0, 0.05) is 6.92 Å². The molecule has 0 atom stereocenters. The maximum Gasteiger partial charge on any atom is 0.238 e. The van der Waals surface area contributed by atoms with Crippen LogP contribution in [0.25, 0.3) is 0 Å². The van der Waals surface area contributed by atoms with Gasteiger partial charge >= 0.3 is 0 Å². The molecule has 0 bridgehead atoms. The summed E-state index contributed by atoms with van der Waals surface area (Å²) >= 11 is 0. The van der Waals surface area contributed by atoms with Crippen LogP contribution in [0.4, 0.5) is 5.69 Å². The van der Waals surface area contributed by atoms with Crippen LogP contribution < -0.4 is 4.31 Å². The summed E-state index contributed by atoms with van der Waals surface area (Å²) in [4.78, 5) is 11.1. The van der Waals surface area contributed by atoms with Gasteiger partial charge < -0.3 is 0 Å². The average molecular weight is 213 g/mol. The number of carbonyl (C=O) groups is 1. The molecule has 0 aliphatic heterocycles. The van der Waals surface area contributed by atoms with Crippen LogP contribution in [-0.4, -0.2) is 20.6 Å². The van der Waals surface area contributed by atoms with Crippen molar-refractivity contribution < 1.29 is 13.2 Å². The first-order chi connectivity index (χ1) is 6.43. The Morgan fingerprint density at radius 2 is 1.71 bits per heavy atom. The topological polar surface area (TPSA) is 54.5 Å². The maximum atomic E-state index is 11.3. The molecule has 0 radical (unpaired) electrons. The predicted octanol–water partition coefficient (Wildman–Crippen LogP) is 0.999. The third kappa shape index (κ3) is 2.32. The number of rotatable bonds is 2. The van der Waals surface area contributed by atoms with E-state index >= 15 is 0 Å². The number of hydrogen-bond acceptors (Lipinski definition) is 3. The smallest absolute Gasteiger partial charge is 0.238 e. The molecule has 0 aliphatic carbocycles. The van der Waals surface area contributed by atoms with Crippen molar-refractivity contribution in [3.05, 3.63) is 30.3 Å². The molecular formula is C9H11NO3S. The number of sulfonamides is 1. The Hall–Kier alpha value is -1.36. The molecule has 1 aromatic carbocycles. The molecule has 1 rings (SSSR count). The summed E-state index contributed by atoms with van der Waals surface area (Å²) in [6.07, 6.45) is 1.00. The molecule has 0 heterocycles. The Morgan fingerprint density at radius 3 is 2.07 bits per heavy atom. The van der Waals surface area contributed by atoms with Crippen LogP contribution in [-0.2, 0) is 14.8 Å². The van der Waals surface area contributed by atoms with Gasteiger partial charge in [-0.2, -0.15) is 0 Å². The lowest BCUT2D eigenvalue weighted by Gasteiger charge is -2.17. The fourth-order valence-electron chi connectivity index (χ4n) is 1.17. The molecule has 0 aromatic heterocycles. The lowest BCUT2D eigenvalue weighted by atomic mass is 10.3. The number of para-hydroxylation sites is 1. The van der Waals surface area contributed by atoms with Crippen molar-refractivity contribution in [2.24, 2.45) is 0 Å². The highest BCUT2D eigenvalue weighted by Gasteiger charge is 2.20. The molecule has 0 N–H and O–H groups in total. The van der Waals surface area contributed by atoms with Crippen LogP contribution in [0.2, 0.25) is 0 Å². The van der Waals surface area contributed by atoms with E-state index in [1.165, 1.54) is 6.92 Å². The Bertz CT molecular complexity index is 425. The number of carbonyl (C=O) groups excluding carboxylic acids is 1. The van der Waals surface area contributed by atoms with E-state index in [4.69, 9.17) is 0 Å². The Labute approximate surface area is 83.2 Å². The summed E-state index contributed by atoms with van der Waals surface area (Å²) in [5, 5.41) is 0. The zero-order valence-corrected chi connectivity index (χ0v) is 8.78. The fourth-order valence-corrected chi connectivity index (χ4v) is 2.14. The summed E-state index contributed by atoms with van der Waals surface area (Å²) < 4.78 is 23.3. The van der Waals surface area contributed by atoms with Gasteiger partial charge in [0.25, 0.3) is 0 Å². The minimum absolute atomic E-state index is 0.363. The second-order valence-electron chi connectivity index (χ2n) is 2.88. The van der Waals surface area contributed by atoms with E-state index in [-0.39, 0.29) is 0 Å². The van der Waals surface area contributed by atoms with Crippen molar-refractivity contribution in [1.29, 1.82) is 0 Å². The summed E-state index contributed by atoms with van der Waals surface area (Å²) in [7, 11) is -3.53. The standard InChI is InChI=1S/C9H11NO3S/c1-8(11)10(14(2,12)13)9-6-4-3-5-7-9/h3-7H,1-2H3. The molecule has 14 heavy (non-hydrogen) atoms. The van der Waals surface area contributed by atoms with Crippen LogP contribution >= 0.6 is 0 Å². The van der Waals surface area contributed by atoms with Crippen LogP contribution in [0, 0.1) is 0 Å². The van der Waals surface area contributed by atoms with E-state index in [2.05, 4.69) is 0 Å². The molecule has 76 valence electrons. The van der Waals surface area contributed by atoms with Crippen molar-refractivity contribution in [1.82, 2.24) is 0 Å². The summed E-state index contributed by atoms with van der Waals surface area (Å²) in [6, 6.07) is 8.25. The first-order valence-electron chi connectivity index (χ1n) is 3.99. The van der Waals surface area contributed by atoms with Crippen molar-refractivity contribution in [3.63, 3.8) is 0 Å². The van der Waals surface area contributed by atoms with Gasteiger partial charge in [-0.05, 0) is 12.1 Å². The molecule has 1 aromatic rings. The molecule has 0 fully saturated rings. The Kier molecular flexibility index (Phi) is 2.90. The maximum absolute atomic E-state index is 11.3.